The van der Waals surface area contributed by atoms with E-state index in [0.717, 1.165) is 27.9 Å². The van der Waals surface area contributed by atoms with Crippen molar-refractivity contribution in [3.8, 4) is 11.1 Å². The van der Waals surface area contributed by atoms with Crippen LogP contribution in [0.15, 0.2) is 115 Å². The first-order chi connectivity index (χ1) is 19.0. The average molecular weight is 512 g/mol. The molecule has 6 rings (SSSR count). The highest BCUT2D eigenvalue weighted by Gasteiger charge is 2.17. The summed E-state index contributed by atoms with van der Waals surface area (Å²) in [5, 5.41) is 14.5. The van der Waals surface area contributed by atoms with Crippen LogP contribution in [0.5, 0.6) is 0 Å². The van der Waals surface area contributed by atoms with Crippen molar-refractivity contribution in [2.24, 2.45) is 0 Å². The van der Waals surface area contributed by atoms with Gasteiger partial charge in [0.15, 0.2) is 0 Å². The molecule has 0 saturated heterocycles. The number of carbonyl (C=O) groups excluding carboxylic acids is 1. The van der Waals surface area contributed by atoms with Crippen LogP contribution in [0.25, 0.3) is 27.5 Å². The van der Waals surface area contributed by atoms with Crippen LogP contribution in [-0.2, 0) is 13.0 Å². The summed E-state index contributed by atoms with van der Waals surface area (Å²) in [6, 6.07) is 35.0. The maximum absolute atomic E-state index is 13.6. The molecule has 1 amide bonds. The number of benzene rings is 4. The molecule has 6 aromatic rings. The number of rotatable bonds is 7. The lowest BCUT2D eigenvalue weighted by Gasteiger charge is -2.13. The second kappa shape index (κ2) is 10.3. The third kappa shape index (κ3) is 5.00. The van der Waals surface area contributed by atoms with Gasteiger partial charge < -0.3 is 10.4 Å². The lowest BCUT2D eigenvalue weighted by atomic mass is 10.0. The van der Waals surface area contributed by atoms with E-state index < -0.39 is 5.97 Å². The van der Waals surface area contributed by atoms with Gasteiger partial charge in [-0.3, -0.25) is 9.20 Å². The first kappa shape index (κ1) is 24.1. The quantitative estimate of drug-likeness (QED) is 0.261. The van der Waals surface area contributed by atoms with Crippen LogP contribution < -0.4 is 5.32 Å². The number of aromatic carboxylic acids is 1. The van der Waals surface area contributed by atoms with Gasteiger partial charge in [0.25, 0.3) is 5.91 Å². The van der Waals surface area contributed by atoms with Crippen molar-refractivity contribution in [3.63, 3.8) is 0 Å². The molecule has 2 heterocycles. The lowest BCUT2D eigenvalue weighted by Crippen LogP contribution is -2.25. The minimum Gasteiger partial charge on any atom is -0.478 e. The monoisotopic (exact) mass is 511 g/mol. The van der Waals surface area contributed by atoms with Gasteiger partial charge in [-0.05, 0) is 57.3 Å². The molecule has 0 radical (unpaired) electrons. The third-order valence-electron chi connectivity index (χ3n) is 6.87. The second-order valence-electron chi connectivity index (χ2n) is 9.48. The summed E-state index contributed by atoms with van der Waals surface area (Å²) in [6.45, 7) is 0.268. The van der Waals surface area contributed by atoms with Crippen molar-refractivity contribution in [2.45, 2.75) is 13.0 Å². The number of carbonyl (C=O) groups is 2. The predicted octanol–water partition coefficient (Wildman–Crippen LogP) is 6.37. The van der Waals surface area contributed by atoms with Crippen molar-refractivity contribution >= 4 is 28.3 Å². The van der Waals surface area contributed by atoms with E-state index in [1.54, 1.807) is 12.1 Å². The molecule has 39 heavy (non-hydrogen) atoms. The second-order valence-corrected chi connectivity index (χ2v) is 9.48. The van der Waals surface area contributed by atoms with Crippen LogP contribution in [0.2, 0.25) is 0 Å². The molecule has 0 spiro atoms. The molecule has 4 aromatic carbocycles. The minimum absolute atomic E-state index is 0.207. The molecule has 0 bridgehead atoms. The number of pyridine rings is 1. The Labute approximate surface area is 225 Å². The van der Waals surface area contributed by atoms with Crippen molar-refractivity contribution in [1.82, 2.24) is 14.7 Å². The Morgan fingerprint density at radius 2 is 1.46 bits per heavy atom. The molecule has 2 N–H and O–H groups in total. The zero-order valence-corrected chi connectivity index (χ0v) is 21.0. The Kier molecular flexibility index (Phi) is 6.35. The van der Waals surface area contributed by atoms with Crippen molar-refractivity contribution in [2.75, 3.05) is 0 Å². The third-order valence-corrected chi connectivity index (χ3v) is 6.87. The van der Waals surface area contributed by atoms with E-state index in [1.165, 1.54) is 22.9 Å². The van der Waals surface area contributed by atoms with Gasteiger partial charge in [-0.15, -0.1) is 0 Å². The zero-order chi connectivity index (χ0) is 26.8. The van der Waals surface area contributed by atoms with Crippen molar-refractivity contribution in [1.29, 1.82) is 0 Å². The standard InChI is InChI=1S/C33H25N3O3/c37-32(35-20-22-10-14-26(15-11-22)33(38)39)30-18-28(24-6-2-1-3-7-24)19-31-34-21-29(36(30)31)17-23-12-13-25-8-4-5-9-27(25)16-23/h1-16,18-19,21H,17,20H2,(H,35,37)(H,38,39). The van der Waals surface area contributed by atoms with Gasteiger partial charge >= 0.3 is 5.97 Å². The first-order valence-electron chi connectivity index (χ1n) is 12.7. The highest BCUT2D eigenvalue weighted by atomic mass is 16.4. The fourth-order valence-electron chi connectivity index (χ4n) is 4.86. The largest absolute Gasteiger partial charge is 0.478 e. The van der Waals surface area contributed by atoms with Crippen LogP contribution >= 0.6 is 0 Å². The Morgan fingerprint density at radius 3 is 2.23 bits per heavy atom. The van der Waals surface area contributed by atoms with Crippen molar-refractivity contribution in [3.05, 3.63) is 143 Å². The van der Waals surface area contributed by atoms with Crippen LogP contribution in [-0.4, -0.2) is 26.4 Å². The SMILES string of the molecule is O=C(O)c1ccc(CNC(=O)c2cc(-c3ccccc3)cc3ncc(Cc4ccc5ccccc5c4)n23)cc1. The number of hydrogen-bond acceptors (Lipinski definition) is 3. The number of amides is 1. The van der Waals surface area contributed by atoms with Crippen molar-refractivity contribution < 1.29 is 14.7 Å². The summed E-state index contributed by atoms with van der Waals surface area (Å²) in [7, 11) is 0. The van der Waals surface area contributed by atoms with Gasteiger partial charge in [-0.1, -0.05) is 84.9 Å². The molecular formula is C33H25N3O3. The van der Waals surface area contributed by atoms with E-state index in [2.05, 4.69) is 40.6 Å². The Balaban J connectivity index is 1.36. The van der Waals surface area contributed by atoms with Gasteiger partial charge in [0.1, 0.15) is 11.3 Å². The fourth-order valence-corrected chi connectivity index (χ4v) is 4.86. The number of carboxylic acid groups (broad SMARTS) is 1. The topological polar surface area (TPSA) is 83.7 Å². The fraction of sp³-hybridized carbons (Fsp3) is 0.0606. The van der Waals surface area contributed by atoms with E-state index in [9.17, 15) is 9.59 Å². The van der Waals surface area contributed by atoms with E-state index in [1.807, 2.05) is 65.2 Å². The molecule has 0 aliphatic heterocycles. The summed E-state index contributed by atoms with van der Waals surface area (Å²) in [4.78, 5) is 29.5. The molecule has 2 aromatic heterocycles. The van der Waals surface area contributed by atoms with E-state index in [4.69, 9.17) is 5.11 Å². The number of fused-ring (bicyclic) bond motifs is 2. The van der Waals surface area contributed by atoms with Gasteiger partial charge in [0.2, 0.25) is 0 Å². The van der Waals surface area contributed by atoms with Crippen LogP contribution in [0, 0.1) is 0 Å². The predicted molar refractivity (Wildman–Crippen MR) is 152 cm³/mol. The number of nitrogens with zero attached hydrogens (tertiary/aromatic N) is 2. The number of carboxylic acids is 1. The molecule has 0 atom stereocenters. The van der Waals surface area contributed by atoms with E-state index >= 15 is 0 Å². The summed E-state index contributed by atoms with van der Waals surface area (Å²) < 4.78 is 1.92. The molecule has 190 valence electrons. The van der Waals surface area contributed by atoms with Gasteiger partial charge in [-0.2, -0.15) is 0 Å². The Morgan fingerprint density at radius 1 is 0.744 bits per heavy atom. The normalized spacial score (nSPS) is 11.1. The molecule has 6 heteroatoms. The lowest BCUT2D eigenvalue weighted by molar-refractivity contribution is 0.0696. The number of imidazole rings is 1. The molecule has 0 saturated carbocycles. The molecule has 0 aliphatic carbocycles. The highest BCUT2D eigenvalue weighted by Crippen LogP contribution is 2.25. The summed E-state index contributed by atoms with van der Waals surface area (Å²) >= 11 is 0. The molecule has 6 nitrogen and oxygen atoms in total. The van der Waals surface area contributed by atoms with Gasteiger partial charge in [0.05, 0.1) is 5.56 Å². The minimum atomic E-state index is -0.982. The van der Waals surface area contributed by atoms with Crippen LogP contribution in [0.4, 0.5) is 0 Å². The molecular weight excluding hydrogens is 486 g/mol. The molecule has 0 aliphatic rings. The van der Waals surface area contributed by atoms with E-state index in [0.29, 0.717) is 17.8 Å². The molecule has 0 unspecified atom stereocenters. The molecule has 0 fully saturated rings. The highest BCUT2D eigenvalue weighted by molar-refractivity contribution is 5.95. The Bertz CT molecular complexity index is 1820. The van der Waals surface area contributed by atoms with Gasteiger partial charge in [-0.25, -0.2) is 9.78 Å². The Hall–Kier alpha value is -5.23. The smallest absolute Gasteiger partial charge is 0.335 e. The summed E-state index contributed by atoms with van der Waals surface area (Å²) in [6.07, 6.45) is 2.45. The number of hydrogen-bond donors (Lipinski definition) is 2. The average Bonchev–Trinajstić information content (AvgIpc) is 3.38. The number of nitrogens with one attached hydrogen (secondary N) is 1. The van der Waals surface area contributed by atoms with Crippen LogP contribution in [0.3, 0.4) is 0 Å². The zero-order valence-electron chi connectivity index (χ0n) is 21.0. The summed E-state index contributed by atoms with van der Waals surface area (Å²) in [5.41, 5.74) is 6.15. The summed E-state index contributed by atoms with van der Waals surface area (Å²) in [5.74, 6) is -1.22. The van der Waals surface area contributed by atoms with E-state index in [-0.39, 0.29) is 18.0 Å². The maximum atomic E-state index is 13.6. The van der Waals surface area contributed by atoms with Crippen LogP contribution in [0.1, 0.15) is 37.7 Å². The number of aromatic nitrogens is 2. The first-order valence-corrected chi connectivity index (χ1v) is 12.7. The maximum Gasteiger partial charge on any atom is 0.335 e. The van der Waals surface area contributed by atoms with Gasteiger partial charge in [0, 0.05) is 24.9 Å².